The number of nitrogens with zero attached hydrogens (tertiary/aromatic N) is 1. The first-order chi connectivity index (χ1) is 13.0. The molecule has 3 aromatic rings. The number of nitrogens with two attached hydrogens (primary N) is 1. The van der Waals surface area contributed by atoms with Crippen molar-refractivity contribution in [1.82, 2.24) is 10.3 Å². The van der Waals surface area contributed by atoms with Crippen molar-refractivity contribution in [2.75, 3.05) is 17.6 Å². The summed E-state index contributed by atoms with van der Waals surface area (Å²) in [6, 6.07) is 11.0. The molecule has 2 aromatic carbocycles. The summed E-state index contributed by atoms with van der Waals surface area (Å²) in [7, 11) is 0. The summed E-state index contributed by atoms with van der Waals surface area (Å²) < 4.78 is 0.798. The second-order valence-electron chi connectivity index (χ2n) is 5.58. The topological polar surface area (TPSA) is 100 Å². The zero-order valence-corrected chi connectivity index (χ0v) is 15.1. The number of nitrogens with one attached hydrogen (secondary N) is 2. The molecule has 5 N–H and O–H groups in total. The second-order valence-corrected chi connectivity index (χ2v) is 6.64. The zero-order valence-electron chi connectivity index (χ0n) is 14.2. The molecule has 0 bridgehead atoms. The number of aromatic nitrogens is 1. The molecule has 3 rings (SSSR count). The summed E-state index contributed by atoms with van der Waals surface area (Å²) in [5.41, 5.74) is 8.66. The van der Waals surface area contributed by atoms with Crippen LogP contribution in [0.5, 0.6) is 5.75 Å². The minimum atomic E-state index is -0.442. The first-order valence-corrected chi connectivity index (χ1v) is 8.82. The number of thiazole rings is 1. The molecule has 0 radical (unpaired) electrons. The van der Waals surface area contributed by atoms with Gasteiger partial charge in [0, 0.05) is 17.8 Å². The maximum absolute atomic E-state index is 11.1. The zero-order chi connectivity index (χ0) is 19.2. The number of fused-ring (bicyclic) bond motifs is 1. The number of aromatic hydroxyl groups is 1. The maximum atomic E-state index is 11.1. The van der Waals surface area contributed by atoms with E-state index in [0.717, 1.165) is 16.0 Å². The van der Waals surface area contributed by atoms with Gasteiger partial charge in [-0.1, -0.05) is 35.3 Å². The normalized spacial score (nSPS) is 9.89. The van der Waals surface area contributed by atoms with E-state index in [-0.39, 0.29) is 5.75 Å². The van der Waals surface area contributed by atoms with Crippen LogP contribution in [0, 0.1) is 24.2 Å². The molecule has 0 saturated heterocycles. The molecule has 0 unspecified atom stereocenters. The van der Waals surface area contributed by atoms with Crippen molar-refractivity contribution in [3.8, 4) is 29.9 Å². The van der Waals surface area contributed by atoms with E-state index in [1.807, 2.05) is 36.3 Å². The predicted molar refractivity (Wildman–Crippen MR) is 108 cm³/mol. The number of hydrogen-bond acceptors (Lipinski definition) is 6. The lowest BCUT2D eigenvalue weighted by Crippen LogP contribution is -2.20. The minimum absolute atomic E-state index is 0.0689. The van der Waals surface area contributed by atoms with E-state index < -0.39 is 5.91 Å². The number of anilines is 2. The molecule has 7 heteroatoms. The Morgan fingerprint density at radius 1 is 1.33 bits per heavy atom. The fraction of sp³-hybridized carbons (Fsp3) is 0.100. The Labute approximate surface area is 160 Å². The molecular weight excluding hydrogens is 360 g/mol. The monoisotopic (exact) mass is 376 g/mol. The molecule has 134 valence electrons. The van der Waals surface area contributed by atoms with Gasteiger partial charge in [-0.2, -0.15) is 0 Å². The van der Waals surface area contributed by atoms with Crippen LogP contribution in [0.3, 0.4) is 0 Å². The van der Waals surface area contributed by atoms with Crippen LogP contribution in [0.15, 0.2) is 36.4 Å². The molecule has 0 aliphatic rings. The molecule has 6 nitrogen and oxygen atoms in total. The van der Waals surface area contributed by atoms with Gasteiger partial charge in [-0.3, -0.25) is 4.79 Å². The van der Waals surface area contributed by atoms with Crippen LogP contribution < -0.4 is 16.4 Å². The Balaban J connectivity index is 1.62. The lowest BCUT2D eigenvalue weighted by atomic mass is 10.2. The highest BCUT2D eigenvalue weighted by Crippen LogP contribution is 2.31. The first-order valence-electron chi connectivity index (χ1n) is 8.00. The molecule has 0 aliphatic heterocycles. The number of nitrogen functional groups attached to an aromatic ring is 1. The number of carbonyl (C=O) groups excluding carboxylic acids is 1. The lowest BCUT2D eigenvalue weighted by Gasteiger charge is -2.06. The number of amides is 1. The van der Waals surface area contributed by atoms with Gasteiger partial charge >= 0.3 is 0 Å². The molecule has 27 heavy (non-hydrogen) atoms. The summed E-state index contributed by atoms with van der Waals surface area (Å²) in [6.45, 7) is 0.783. The third-order valence-corrected chi connectivity index (χ3v) is 4.45. The standard InChI is InChI=1S/C20H16N4O2S/c1-2-18(26)23-12-14-5-3-7-15(9-14)22-8-4-6-13-10-16(25)19-17(11-13)27-20(21)24-19/h1,3,5,7,9-11,22,25H,8,12H2,(H2,21,24)(H,23,26). The van der Waals surface area contributed by atoms with Crippen LogP contribution in [-0.4, -0.2) is 22.5 Å². The molecule has 1 amide bonds. The highest BCUT2D eigenvalue weighted by atomic mass is 32.1. The van der Waals surface area contributed by atoms with E-state index in [0.29, 0.717) is 29.3 Å². The number of rotatable bonds is 4. The van der Waals surface area contributed by atoms with Gasteiger partial charge in [0.15, 0.2) is 5.13 Å². The predicted octanol–water partition coefficient (Wildman–Crippen LogP) is 2.30. The van der Waals surface area contributed by atoms with Gasteiger partial charge in [0.25, 0.3) is 5.91 Å². The first kappa shape index (κ1) is 18.1. The SMILES string of the molecule is C#CC(=O)NCc1cccc(NCC#Cc2cc(O)c3nc(N)sc3c2)c1. The Morgan fingerprint density at radius 2 is 2.19 bits per heavy atom. The third kappa shape index (κ3) is 4.69. The van der Waals surface area contributed by atoms with E-state index >= 15 is 0 Å². The van der Waals surface area contributed by atoms with Crippen LogP contribution in [-0.2, 0) is 11.3 Å². The molecule has 0 spiro atoms. The highest BCUT2D eigenvalue weighted by molar-refractivity contribution is 7.22. The van der Waals surface area contributed by atoms with E-state index in [4.69, 9.17) is 12.2 Å². The fourth-order valence-electron chi connectivity index (χ4n) is 2.42. The van der Waals surface area contributed by atoms with Crippen LogP contribution in [0.25, 0.3) is 10.2 Å². The summed E-state index contributed by atoms with van der Waals surface area (Å²) in [5, 5.41) is 16.2. The van der Waals surface area contributed by atoms with Gasteiger partial charge in [0.2, 0.25) is 0 Å². The fourth-order valence-corrected chi connectivity index (χ4v) is 3.21. The Bertz CT molecular complexity index is 1100. The van der Waals surface area contributed by atoms with E-state index in [1.165, 1.54) is 11.3 Å². The summed E-state index contributed by atoms with van der Waals surface area (Å²) >= 11 is 1.31. The quantitative estimate of drug-likeness (QED) is 0.524. The second kappa shape index (κ2) is 8.13. The van der Waals surface area contributed by atoms with E-state index in [1.54, 1.807) is 6.07 Å². The average Bonchev–Trinajstić information content (AvgIpc) is 3.04. The van der Waals surface area contributed by atoms with Crippen molar-refractivity contribution in [2.24, 2.45) is 0 Å². The Hall–Kier alpha value is -3.68. The van der Waals surface area contributed by atoms with Crippen molar-refractivity contribution < 1.29 is 9.90 Å². The molecule has 1 heterocycles. The van der Waals surface area contributed by atoms with Crippen LogP contribution >= 0.6 is 11.3 Å². The number of phenolic OH excluding ortho intramolecular Hbond substituents is 1. The molecular formula is C20H16N4O2S. The van der Waals surface area contributed by atoms with Gasteiger partial charge in [-0.15, -0.1) is 6.42 Å². The van der Waals surface area contributed by atoms with Gasteiger partial charge in [0.05, 0.1) is 11.2 Å². The minimum Gasteiger partial charge on any atom is -0.506 e. The van der Waals surface area contributed by atoms with Gasteiger partial charge in [-0.05, 0) is 35.7 Å². The molecule has 0 atom stereocenters. The van der Waals surface area contributed by atoms with Crippen molar-refractivity contribution in [3.05, 3.63) is 47.5 Å². The van der Waals surface area contributed by atoms with Crippen LogP contribution in [0.2, 0.25) is 0 Å². The van der Waals surface area contributed by atoms with Crippen LogP contribution in [0.4, 0.5) is 10.8 Å². The molecule has 0 fully saturated rings. The van der Waals surface area contributed by atoms with Crippen molar-refractivity contribution in [1.29, 1.82) is 0 Å². The van der Waals surface area contributed by atoms with E-state index in [2.05, 4.69) is 27.5 Å². The smallest absolute Gasteiger partial charge is 0.295 e. The largest absolute Gasteiger partial charge is 0.506 e. The number of phenols is 1. The third-order valence-electron chi connectivity index (χ3n) is 3.62. The molecule has 0 saturated carbocycles. The molecule has 0 aliphatic carbocycles. The number of hydrogen-bond donors (Lipinski definition) is 4. The maximum Gasteiger partial charge on any atom is 0.295 e. The molecule has 1 aromatic heterocycles. The van der Waals surface area contributed by atoms with E-state index in [9.17, 15) is 9.90 Å². The number of benzene rings is 2. The Morgan fingerprint density at radius 3 is 3.00 bits per heavy atom. The Kier molecular flexibility index (Phi) is 5.46. The van der Waals surface area contributed by atoms with Crippen molar-refractivity contribution in [2.45, 2.75) is 6.54 Å². The lowest BCUT2D eigenvalue weighted by molar-refractivity contribution is -0.115. The van der Waals surface area contributed by atoms with Gasteiger partial charge < -0.3 is 21.5 Å². The van der Waals surface area contributed by atoms with Crippen LogP contribution in [0.1, 0.15) is 11.1 Å². The number of terminal acetylenes is 1. The summed E-state index contributed by atoms with van der Waals surface area (Å²) in [5.74, 6) is 7.66. The van der Waals surface area contributed by atoms with Crippen molar-refractivity contribution >= 4 is 38.3 Å². The average molecular weight is 376 g/mol. The summed E-state index contributed by atoms with van der Waals surface area (Å²) in [6.07, 6.45) is 5.02. The summed E-state index contributed by atoms with van der Waals surface area (Å²) in [4.78, 5) is 15.2. The van der Waals surface area contributed by atoms with Gasteiger partial charge in [0.1, 0.15) is 11.3 Å². The highest BCUT2D eigenvalue weighted by Gasteiger charge is 2.07. The van der Waals surface area contributed by atoms with Gasteiger partial charge in [-0.25, -0.2) is 4.98 Å². The van der Waals surface area contributed by atoms with Crippen molar-refractivity contribution in [3.63, 3.8) is 0 Å². The number of carbonyl (C=O) groups is 1.